The first kappa shape index (κ1) is 20.2. The highest BCUT2D eigenvalue weighted by Crippen LogP contribution is 2.35. The molecule has 0 heterocycles. The number of hydrogen-bond donors (Lipinski definition) is 0. The molecule has 0 aliphatic carbocycles. The Kier molecular flexibility index (Phi) is 7.31. The number of anilines is 3. The molecule has 0 saturated heterocycles. The summed E-state index contributed by atoms with van der Waals surface area (Å²) in [5.74, 6) is 0. The summed E-state index contributed by atoms with van der Waals surface area (Å²) in [6.45, 7) is 6.71. The second-order valence-corrected chi connectivity index (χ2v) is 7.59. The van der Waals surface area contributed by atoms with Crippen molar-refractivity contribution in [1.29, 1.82) is 0 Å². The lowest BCUT2D eigenvalue weighted by Gasteiger charge is -2.26. The van der Waals surface area contributed by atoms with Crippen LogP contribution in [0.5, 0.6) is 0 Å². The van der Waals surface area contributed by atoms with Crippen molar-refractivity contribution in [1.82, 2.24) is 0 Å². The summed E-state index contributed by atoms with van der Waals surface area (Å²) in [6, 6.07) is 27.1. The molecule has 0 unspecified atom stereocenters. The number of aryl methyl sites for hydroxylation is 3. The molecule has 0 spiro atoms. The highest BCUT2D eigenvalue weighted by Gasteiger charge is 2.13. The van der Waals surface area contributed by atoms with Gasteiger partial charge in [0.05, 0.1) is 0 Å². The van der Waals surface area contributed by atoms with Crippen molar-refractivity contribution < 1.29 is 0 Å². The zero-order valence-electron chi connectivity index (χ0n) is 17.6. The predicted molar refractivity (Wildman–Crippen MR) is 123 cm³/mol. The maximum Gasteiger partial charge on any atom is 0.0464 e. The molecule has 1 nitrogen and oxygen atoms in total. The lowest BCUT2D eigenvalue weighted by molar-refractivity contribution is 0.919. The summed E-state index contributed by atoms with van der Waals surface area (Å²) in [7, 11) is 0. The Hall–Kier alpha value is -2.54. The van der Waals surface area contributed by atoms with E-state index in [4.69, 9.17) is 0 Å². The fourth-order valence-electron chi connectivity index (χ4n) is 3.79. The number of nitrogens with zero attached hydrogens (tertiary/aromatic N) is 1. The summed E-state index contributed by atoms with van der Waals surface area (Å²) in [5, 5.41) is 0. The molecular formula is C27H33N. The maximum absolute atomic E-state index is 2.38. The van der Waals surface area contributed by atoms with Gasteiger partial charge in [-0.05, 0) is 72.4 Å². The summed E-state index contributed by atoms with van der Waals surface area (Å²) < 4.78 is 0. The van der Waals surface area contributed by atoms with E-state index in [0.29, 0.717) is 0 Å². The first-order chi connectivity index (χ1) is 13.7. The molecule has 0 aliphatic heterocycles. The van der Waals surface area contributed by atoms with Gasteiger partial charge in [-0.1, -0.05) is 76.4 Å². The second-order valence-electron chi connectivity index (χ2n) is 7.59. The van der Waals surface area contributed by atoms with E-state index in [1.54, 1.807) is 0 Å². The van der Waals surface area contributed by atoms with Gasteiger partial charge in [0.25, 0.3) is 0 Å². The van der Waals surface area contributed by atoms with Crippen molar-refractivity contribution in [3.05, 3.63) is 89.5 Å². The largest absolute Gasteiger partial charge is 0.310 e. The summed E-state index contributed by atoms with van der Waals surface area (Å²) in [5.41, 5.74) is 7.88. The van der Waals surface area contributed by atoms with Gasteiger partial charge in [0.1, 0.15) is 0 Å². The van der Waals surface area contributed by atoms with Crippen molar-refractivity contribution in [3.63, 3.8) is 0 Å². The molecule has 0 amide bonds. The zero-order valence-corrected chi connectivity index (χ0v) is 17.6. The molecule has 0 bridgehead atoms. The molecule has 0 aliphatic rings. The summed E-state index contributed by atoms with van der Waals surface area (Å²) in [4.78, 5) is 2.38. The Balaban J connectivity index is 2.01. The fraction of sp³-hybridized carbons (Fsp3) is 0.333. The van der Waals surface area contributed by atoms with Gasteiger partial charge in [-0.25, -0.2) is 0 Å². The molecule has 0 N–H and O–H groups in total. The zero-order chi connectivity index (χ0) is 19.8. The average Bonchev–Trinajstić information content (AvgIpc) is 2.72. The van der Waals surface area contributed by atoms with E-state index >= 15 is 0 Å². The van der Waals surface area contributed by atoms with Gasteiger partial charge < -0.3 is 4.90 Å². The monoisotopic (exact) mass is 371 g/mol. The van der Waals surface area contributed by atoms with Gasteiger partial charge in [-0.3, -0.25) is 0 Å². The number of hydrogen-bond acceptors (Lipinski definition) is 1. The van der Waals surface area contributed by atoms with Crippen molar-refractivity contribution in [2.24, 2.45) is 0 Å². The Bertz CT molecular complexity index is 797. The third-order valence-corrected chi connectivity index (χ3v) is 5.17. The van der Waals surface area contributed by atoms with Crippen LogP contribution in [0.2, 0.25) is 0 Å². The number of benzene rings is 3. The maximum atomic E-state index is 2.38. The lowest BCUT2D eigenvalue weighted by Crippen LogP contribution is -2.10. The van der Waals surface area contributed by atoms with Crippen LogP contribution < -0.4 is 4.90 Å². The molecule has 3 aromatic carbocycles. The van der Waals surface area contributed by atoms with E-state index in [1.165, 1.54) is 53.0 Å². The molecule has 0 atom stereocenters. The van der Waals surface area contributed by atoms with Crippen LogP contribution in [0.1, 0.15) is 56.7 Å². The molecule has 0 fully saturated rings. The third kappa shape index (κ3) is 5.04. The Morgan fingerprint density at radius 2 is 0.964 bits per heavy atom. The minimum Gasteiger partial charge on any atom is -0.310 e. The van der Waals surface area contributed by atoms with Gasteiger partial charge in [-0.2, -0.15) is 0 Å². The van der Waals surface area contributed by atoms with Gasteiger partial charge >= 0.3 is 0 Å². The van der Waals surface area contributed by atoms with Crippen LogP contribution in [-0.4, -0.2) is 0 Å². The normalized spacial score (nSPS) is 10.8. The predicted octanol–water partition coefficient (Wildman–Crippen LogP) is 8.01. The van der Waals surface area contributed by atoms with Crippen LogP contribution in [-0.2, 0) is 19.3 Å². The number of rotatable bonds is 9. The van der Waals surface area contributed by atoms with E-state index < -0.39 is 0 Å². The van der Waals surface area contributed by atoms with Crippen LogP contribution in [0.4, 0.5) is 17.1 Å². The molecule has 3 rings (SSSR count). The van der Waals surface area contributed by atoms with Gasteiger partial charge in [0.15, 0.2) is 0 Å². The third-order valence-electron chi connectivity index (χ3n) is 5.17. The topological polar surface area (TPSA) is 3.24 Å². The van der Waals surface area contributed by atoms with Crippen LogP contribution in [0.15, 0.2) is 72.8 Å². The van der Waals surface area contributed by atoms with Gasteiger partial charge in [0.2, 0.25) is 0 Å². The minimum atomic E-state index is 1.12. The van der Waals surface area contributed by atoms with Crippen LogP contribution in [0.25, 0.3) is 0 Å². The van der Waals surface area contributed by atoms with E-state index in [2.05, 4.69) is 98.5 Å². The van der Waals surface area contributed by atoms with Crippen molar-refractivity contribution in [2.75, 3.05) is 4.90 Å². The van der Waals surface area contributed by atoms with Gasteiger partial charge in [-0.15, -0.1) is 0 Å². The highest BCUT2D eigenvalue weighted by molar-refractivity contribution is 5.76. The Morgan fingerprint density at radius 1 is 0.500 bits per heavy atom. The molecule has 28 heavy (non-hydrogen) atoms. The minimum absolute atomic E-state index is 1.12. The SMILES string of the molecule is CCCc1ccc(N(c2ccc(CCC)cc2)c2cccc(CCC)c2)cc1. The highest BCUT2D eigenvalue weighted by atomic mass is 15.1. The van der Waals surface area contributed by atoms with Crippen LogP contribution >= 0.6 is 0 Å². The lowest BCUT2D eigenvalue weighted by atomic mass is 10.1. The molecule has 146 valence electrons. The first-order valence-corrected chi connectivity index (χ1v) is 10.8. The standard InChI is InChI=1S/C27H33N/c1-4-8-22-13-17-25(18-14-22)28(26-19-15-23(9-5-2)16-20-26)27-12-7-11-24(21-27)10-6-3/h7,11-21H,4-6,8-10H2,1-3H3. The van der Waals surface area contributed by atoms with Crippen LogP contribution in [0.3, 0.4) is 0 Å². The molecule has 0 aromatic heterocycles. The summed E-state index contributed by atoms with van der Waals surface area (Å²) >= 11 is 0. The molecule has 0 radical (unpaired) electrons. The second kappa shape index (κ2) is 10.1. The Labute approximate surface area is 171 Å². The quantitative estimate of drug-likeness (QED) is 0.368. The Morgan fingerprint density at radius 3 is 1.43 bits per heavy atom. The summed E-state index contributed by atoms with van der Waals surface area (Å²) in [6.07, 6.45) is 6.92. The van der Waals surface area contributed by atoms with Crippen molar-refractivity contribution in [2.45, 2.75) is 59.3 Å². The van der Waals surface area contributed by atoms with Crippen molar-refractivity contribution >= 4 is 17.1 Å². The molecule has 1 heteroatoms. The smallest absolute Gasteiger partial charge is 0.0464 e. The first-order valence-electron chi connectivity index (χ1n) is 10.8. The van der Waals surface area contributed by atoms with E-state index in [-0.39, 0.29) is 0 Å². The molecule has 3 aromatic rings. The fourth-order valence-corrected chi connectivity index (χ4v) is 3.79. The van der Waals surface area contributed by atoms with E-state index in [1.807, 2.05) is 0 Å². The van der Waals surface area contributed by atoms with E-state index in [0.717, 1.165) is 19.3 Å². The molecule has 0 saturated carbocycles. The molecular weight excluding hydrogens is 338 g/mol. The van der Waals surface area contributed by atoms with E-state index in [9.17, 15) is 0 Å². The van der Waals surface area contributed by atoms with Crippen LogP contribution in [0, 0.1) is 0 Å². The average molecular weight is 372 g/mol. The van der Waals surface area contributed by atoms with Gasteiger partial charge in [0, 0.05) is 17.1 Å². The van der Waals surface area contributed by atoms with Crippen molar-refractivity contribution in [3.8, 4) is 0 Å².